The van der Waals surface area contributed by atoms with Crippen molar-refractivity contribution in [2.45, 2.75) is 39.8 Å². The highest BCUT2D eigenvalue weighted by atomic mass is 16.5. The lowest BCUT2D eigenvalue weighted by Gasteiger charge is -2.27. The van der Waals surface area contributed by atoms with Crippen molar-refractivity contribution >= 4 is 5.91 Å². The summed E-state index contributed by atoms with van der Waals surface area (Å²) >= 11 is 0. The Morgan fingerprint density at radius 2 is 1.64 bits per heavy atom. The summed E-state index contributed by atoms with van der Waals surface area (Å²) in [5.74, 6) is 1.29. The summed E-state index contributed by atoms with van der Waals surface area (Å²) < 4.78 is 11.6. The molecule has 0 saturated heterocycles. The molecule has 4 aromatic rings. The van der Waals surface area contributed by atoms with E-state index in [0.29, 0.717) is 30.3 Å². The number of rotatable bonds is 8. The number of H-pyrrole nitrogens is 1. The molecule has 1 unspecified atom stereocenters. The Labute approximate surface area is 211 Å². The number of methoxy groups -OCH3 is 1. The highest BCUT2D eigenvalue weighted by molar-refractivity contribution is 6.00. The molecule has 6 nitrogen and oxygen atoms in total. The van der Waals surface area contributed by atoms with Gasteiger partial charge in [-0.1, -0.05) is 72.6 Å². The lowest BCUT2D eigenvalue weighted by molar-refractivity contribution is 0.0730. The molecular formula is C30H31N3O3. The molecule has 1 aliphatic rings. The van der Waals surface area contributed by atoms with Crippen LogP contribution < -0.4 is 9.47 Å². The minimum Gasteiger partial charge on any atom is -0.493 e. The fourth-order valence-electron chi connectivity index (χ4n) is 4.71. The number of hydrogen-bond donors (Lipinski definition) is 1. The number of carbonyl (C=O) groups is 1. The van der Waals surface area contributed by atoms with E-state index in [0.717, 1.165) is 34.4 Å². The molecule has 5 rings (SSSR count). The van der Waals surface area contributed by atoms with E-state index in [9.17, 15) is 4.79 Å². The van der Waals surface area contributed by atoms with Gasteiger partial charge in [0.25, 0.3) is 5.91 Å². The van der Waals surface area contributed by atoms with Crippen LogP contribution in [0.5, 0.6) is 11.5 Å². The summed E-state index contributed by atoms with van der Waals surface area (Å²) in [5.41, 5.74) is 7.57. The van der Waals surface area contributed by atoms with Crippen LogP contribution in [-0.2, 0) is 6.54 Å². The maximum absolute atomic E-state index is 13.7. The van der Waals surface area contributed by atoms with E-state index in [1.165, 1.54) is 11.1 Å². The van der Waals surface area contributed by atoms with Crippen molar-refractivity contribution in [1.82, 2.24) is 15.1 Å². The second-order valence-corrected chi connectivity index (χ2v) is 9.31. The zero-order valence-corrected chi connectivity index (χ0v) is 21.2. The highest BCUT2D eigenvalue weighted by Crippen LogP contribution is 2.45. The predicted octanol–water partition coefficient (Wildman–Crippen LogP) is 6.24. The van der Waals surface area contributed by atoms with Gasteiger partial charge < -0.3 is 14.4 Å². The van der Waals surface area contributed by atoms with Crippen LogP contribution in [0.25, 0.3) is 11.3 Å². The van der Waals surface area contributed by atoms with Crippen molar-refractivity contribution in [3.63, 3.8) is 0 Å². The van der Waals surface area contributed by atoms with E-state index in [-0.39, 0.29) is 11.9 Å². The standard InChI is InChI=1S/C30H31N3O3/c1-5-16-36-24-15-14-23(17-25(24)35-4)29-26-27(22-12-8-20(3)9-13-22)31-32-28(26)30(34)33(29)18-21-10-6-19(2)7-11-21/h6-15,17,29H,5,16,18H2,1-4H3,(H,31,32). The molecule has 0 spiro atoms. The third-order valence-electron chi connectivity index (χ3n) is 6.63. The van der Waals surface area contributed by atoms with Gasteiger partial charge in [-0.05, 0) is 43.5 Å². The molecule has 0 radical (unpaired) electrons. The third-order valence-corrected chi connectivity index (χ3v) is 6.63. The van der Waals surface area contributed by atoms with Crippen LogP contribution >= 0.6 is 0 Å². The summed E-state index contributed by atoms with van der Waals surface area (Å²) in [4.78, 5) is 15.6. The van der Waals surface area contributed by atoms with Gasteiger partial charge in [-0.3, -0.25) is 9.89 Å². The van der Waals surface area contributed by atoms with Crippen molar-refractivity contribution in [3.05, 3.63) is 100 Å². The van der Waals surface area contributed by atoms with Gasteiger partial charge in [0.1, 0.15) is 5.69 Å². The molecule has 1 N–H and O–H groups in total. The molecular weight excluding hydrogens is 450 g/mol. The van der Waals surface area contributed by atoms with Crippen LogP contribution in [0.15, 0.2) is 66.7 Å². The van der Waals surface area contributed by atoms with Gasteiger partial charge in [-0.15, -0.1) is 0 Å². The average molecular weight is 482 g/mol. The van der Waals surface area contributed by atoms with Crippen molar-refractivity contribution in [2.24, 2.45) is 0 Å². The van der Waals surface area contributed by atoms with Gasteiger partial charge in [0, 0.05) is 17.7 Å². The van der Waals surface area contributed by atoms with Crippen molar-refractivity contribution in [2.75, 3.05) is 13.7 Å². The summed E-state index contributed by atoms with van der Waals surface area (Å²) in [6, 6.07) is 22.2. The first-order valence-electron chi connectivity index (χ1n) is 12.3. The molecule has 0 aliphatic carbocycles. The molecule has 1 aromatic heterocycles. The minimum atomic E-state index is -0.321. The van der Waals surface area contributed by atoms with Crippen LogP contribution in [0.2, 0.25) is 0 Å². The fourth-order valence-corrected chi connectivity index (χ4v) is 4.71. The minimum absolute atomic E-state index is 0.0632. The normalized spacial score (nSPS) is 14.7. The number of aryl methyl sites for hydroxylation is 2. The Hall–Kier alpha value is -4.06. The number of aromatic amines is 1. The topological polar surface area (TPSA) is 67.5 Å². The molecule has 0 saturated carbocycles. The van der Waals surface area contributed by atoms with E-state index in [4.69, 9.17) is 9.47 Å². The van der Waals surface area contributed by atoms with Crippen molar-refractivity contribution in [3.8, 4) is 22.8 Å². The number of hydrogen-bond acceptors (Lipinski definition) is 4. The van der Waals surface area contributed by atoms with E-state index in [1.54, 1.807) is 7.11 Å². The molecule has 1 aliphatic heterocycles. The first kappa shape index (κ1) is 23.7. The number of nitrogens with one attached hydrogen (secondary N) is 1. The van der Waals surface area contributed by atoms with Crippen LogP contribution in [0.3, 0.4) is 0 Å². The second kappa shape index (κ2) is 9.90. The molecule has 1 amide bonds. The number of fused-ring (bicyclic) bond motifs is 1. The quantitative estimate of drug-likeness (QED) is 0.324. The molecule has 3 aromatic carbocycles. The Balaban J connectivity index is 1.62. The number of ether oxygens (including phenoxy) is 2. The van der Waals surface area contributed by atoms with Crippen LogP contribution in [-0.4, -0.2) is 34.7 Å². The lowest BCUT2D eigenvalue weighted by Crippen LogP contribution is -2.29. The zero-order chi connectivity index (χ0) is 25.2. The molecule has 1 atom stereocenters. The van der Waals surface area contributed by atoms with Crippen LogP contribution in [0.1, 0.15) is 57.7 Å². The number of nitrogens with zero attached hydrogens (tertiary/aromatic N) is 2. The molecule has 0 bridgehead atoms. The van der Waals surface area contributed by atoms with E-state index >= 15 is 0 Å². The number of benzene rings is 3. The Kier molecular flexibility index (Phi) is 6.51. The van der Waals surface area contributed by atoms with Gasteiger partial charge in [0.05, 0.1) is 25.5 Å². The fraction of sp³-hybridized carbons (Fsp3) is 0.267. The average Bonchev–Trinajstić information content (AvgIpc) is 3.43. The smallest absolute Gasteiger partial charge is 0.273 e. The van der Waals surface area contributed by atoms with Crippen molar-refractivity contribution in [1.29, 1.82) is 0 Å². The Morgan fingerprint density at radius 1 is 0.944 bits per heavy atom. The predicted molar refractivity (Wildman–Crippen MR) is 140 cm³/mol. The third kappa shape index (κ3) is 4.35. The van der Waals surface area contributed by atoms with Crippen LogP contribution in [0, 0.1) is 13.8 Å². The summed E-state index contributed by atoms with van der Waals surface area (Å²) in [6.07, 6.45) is 0.907. The summed E-state index contributed by atoms with van der Waals surface area (Å²) in [5, 5.41) is 7.63. The van der Waals surface area contributed by atoms with Gasteiger partial charge in [0.15, 0.2) is 11.5 Å². The monoisotopic (exact) mass is 481 g/mol. The zero-order valence-electron chi connectivity index (χ0n) is 21.2. The van der Waals surface area contributed by atoms with Gasteiger partial charge in [-0.25, -0.2) is 0 Å². The van der Waals surface area contributed by atoms with Gasteiger partial charge in [0.2, 0.25) is 0 Å². The molecule has 6 heteroatoms. The summed E-state index contributed by atoms with van der Waals surface area (Å²) in [7, 11) is 1.64. The van der Waals surface area contributed by atoms with E-state index in [2.05, 4.69) is 79.5 Å². The molecule has 36 heavy (non-hydrogen) atoms. The maximum atomic E-state index is 13.7. The second-order valence-electron chi connectivity index (χ2n) is 9.31. The van der Waals surface area contributed by atoms with E-state index < -0.39 is 0 Å². The van der Waals surface area contributed by atoms with Crippen molar-refractivity contribution < 1.29 is 14.3 Å². The maximum Gasteiger partial charge on any atom is 0.273 e. The number of amides is 1. The summed E-state index contributed by atoms with van der Waals surface area (Å²) in [6.45, 7) is 7.28. The number of aromatic nitrogens is 2. The first-order chi connectivity index (χ1) is 17.5. The van der Waals surface area contributed by atoms with Gasteiger partial charge in [-0.2, -0.15) is 5.10 Å². The Bertz CT molecular complexity index is 1370. The molecule has 184 valence electrons. The highest BCUT2D eigenvalue weighted by Gasteiger charge is 2.42. The van der Waals surface area contributed by atoms with E-state index in [1.807, 2.05) is 23.1 Å². The molecule has 2 heterocycles. The van der Waals surface area contributed by atoms with Crippen LogP contribution in [0.4, 0.5) is 0 Å². The Morgan fingerprint density at radius 3 is 2.31 bits per heavy atom. The molecule has 0 fully saturated rings. The first-order valence-corrected chi connectivity index (χ1v) is 12.3. The van der Waals surface area contributed by atoms with Gasteiger partial charge >= 0.3 is 0 Å². The largest absolute Gasteiger partial charge is 0.493 e. The number of carbonyl (C=O) groups excluding carboxylic acids is 1. The lowest BCUT2D eigenvalue weighted by atomic mass is 9.95. The SMILES string of the molecule is CCCOc1ccc(C2c3c(-c4ccc(C)cc4)n[nH]c3C(=O)N2Cc2ccc(C)cc2)cc1OC.